The van der Waals surface area contributed by atoms with Crippen LogP contribution in [0.15, 0.2) is 134 Å². The Balaban J connectivity index is 1.31. The van der Waals surface area contributed by atoms with Gasteiger partial charge in [0.05, 0.1) is 11.9 Å². The molecule has 2 nitrogen and oxygen atoms in total. The van der Waals surface area contributed by atoms with Crippen molar-refractivity contribution in [2.45, 2.75) is 0 Å². The van der Waals surface area contributed by atoms with Crippen LogP contribution in [0.4, 0.5) is 0 Å². The van der Waals surface area contributed by atoms with Crippen molar-refractivity contribution >= 4 is 75.4 Å². The highest BCUT2D eigenvalue weighted by Crippen LogP contribution is 2.37. The number of aromatic nitrogens is 2. The van der Waals surface area contributed by atoms with Crippen LogP contribution in [-0.4, -0.2) is 9.97 Å². The zero-order valence-corrected chi connectivity index (χ0v) is 21.6. The second-order valence-corrected chi connectivity index (χ2v) is 10.8. The summed E-state index contributed by atoms with van der Waals surface area (Å²) in [6.45, 7) is 0. The van der Waals surface area contributed by atoms with Crippen molar-refractivity contribution < 1.29 is 0 Å². The molecule has 8 aromatic carbocycles. The second kappa shape index (κ2) is 8.08. The van der Waals surface area contributed by atoms with Crippen LogP contribution in [0.25, 0.3) is 86.7 Å². The van der Waals surface area contributed by atoms with Gasteiger partial charge in [-0.25, -0.2) is 0 Å². The molecule has 0 saturated carbocycles. The maximum atomic E-state index is 4.57. The molecule has 0 saturated heterocycles. The van der Waals surface area contributed by atoms with Gasteiger partial charge in [0.2, 0.25) is 0 Å². The molecule has 0 atom stereocenters. The number of fused-ring (bicyclic) bond motifs is 8. The Morgan fingerprint density at radius 2 is 0.825 bits per heavy atom. The van der Waals surface area contributed by atoms with E-state index in [1.54, 1.807) is 12.4 Å². The first kappa shape index (κ1) is 21.6. The molecule has 0 fully saturated rings. The van der Waals surface area contributed by atoms with Gasteiger partial charge in [0.15, 0.2) is 0 Å². The topological polar surface area (TPSA) is 25.8 Å². The molecule has 40 heavy (non-hydrogen) atoms. The molecule has 1 aromatic heterocycles. The molecule has 184 valence electrons. The van der Waals surface area contributed by atoms with E-state index in [4.69, 9.17) is 0 Å². The molecule has 0 N–H and O–H groups in total. The number of benzene rings is 8. The van der Waals surface area contributed by atoms with Gasteiger partial charge >= 0.3 is 0 Å². The van der Waals surface area contributed by atoms with Crippen LogP contribution in [0.1, 0.15) is 0 Å². The Bertz CT molecular complexity index is 2480. The number of hydrogen-bond acceptors (Lipinski definition) is 2. The van der Waals surface area contributed by atoms with E-state index in [1.807, 2.05) is 6.20 Å². The van der Waals surface area contributed by atoms with Crippen LogP contribution in [0.5, 0.6) is 0 Å². The summed E-state index contributed by atoms with van der Waals surface area (Å²) in [6.07, 6.45) is 5.31. The van der Waals surface area contributed by atoms with E-state index in [0.29, 0.717) is 0 Å². The van der Waals surface area contributed by atoms with Crippen molar-refractivity contribution in [3.63, 3.8) is 0 Å². The summed E-state index contributed by atoms with van der Waals surface area (Å²) < 4.78 is 0. The molecule has 0 unspecified atom stereocenters. The highest BCUT2D eigenvalue weighted by Gasteiger charge is 2.10. The Morgan fingerprint density at radius 3 is 1.43 bits per heavy atom. The molecular formula is C38H22N2. The van der Waals surface area contributed by atoms with Crippen molar-refractivity contribution in [3.05, 3.63) is 134 Å². The Hall–Kier alpha value is -5.34. The molecule has 9 aromatic rings. The smallest absolute Gasteiger partial charge is 0.0891 e. The third-order valence-corrected chi connectivity index (χ3v) is 8.41. The van der Waals surface area contributed by atoms with Gasteiger partial charge in [-0.3, -0.25) is 9.97 Å². The number of hydrogen-bond donors (Lipinski definition) is 0. The fourth-order valence-electron chi connectivity index (χ4n) is 6.44. The van der Waals surface area contributed by atoms with Crippen LogP contribution in [-0.2, 0) is 0 Å². The summed E-state index contributed by atoms with van der Waals surface area (Å²) in [5, 5.41) is 17.6. The van der Waals surface area contributed by atoms with Gasteiger partial charge in [-0.05, 0) is 136 Å². The van der Waals surface area contributed by atoms with Crippen molar-refractivity contribution in [2.75, 3.05) is 0 Å². The monoisotopic (exact) mass is 506 g/mol. The van der Waals surface area contributed by atoms with E-state index in [-0.39, 0.29) is 0 Å². The highest BCUT2D eigenvalue weighted by molar-refractivity contribution is 6.18. The first-order valence-electron chi connectivity index (χ1n) is 13.6. The average molecular weight is 507 g/mol. The summed E-state index contributed by atoms with van der Waals surface area (Å²) in [7, 11) is 0. The highest BCUT2D eigenvalue weighted by atomic mass is 14.8. The molecular weight excluding hydrogens is 484 g/mol. The van der Waals surface area contributed by atoms with Crippen LogP contribution >= 0.6 is 0 Å². The second-order valence-electron chi connectivity index (χ2n) is 10.8. The summed E-state index contributed by atoms with van der Waals surface area (Å²) in [5.41, 5.74) is 2.00. The summed E-state index contributed by atoms with van der Waals surface area (Å²) in [6, 6.07) is 42.9. The van der Waals surface area contributed by atoms with Crippen molar-refractivity contribution in [3.8, 4) is 11.3 Å². The summed E-state index contributed by atoms with van der Waals surface area (Å²) in [5.74, 6) is 0. The standard InChI is InChI=1S/C38H22N2/c1-2-5-24-13-29-18-32-19-36-27(16-31(32)17-28(29)12-23(24)4-1)9-8-26-15-30-14-25-6-3-7-34(38-22-39-10-11-40-38)35(25)20-33(30)21-37(26)36/h1-22H. The fourth-order valence-corrected chi connectivity index (χ4v) is 6.44. The molecule has 9 rings (SSSR count). The molecule has 0 aliphatic heterocycles. The van der Waals surface area contributed by atoms with Gasteiger partial charge in [-0.1, -0.05) is 54.6 Å². The number of rotatable bonds is 1. The largest absolute Gasteiger partial charge is 0.261 e. The van der Waals surface area contributed by atoms with E-state index < -0.39 is 0 Å². The van der Waals surface area contributed by atoms with Crippen molar-refractivity contribution in [1.29, 1.82) is 0 Å². The third kappa shape index (κ3) is 3.23. The molecule has 0 amide bonds. The molecule has 1 heterocycles. The van der Waals surface area contributed by atoms with E-state index in [0.717, 1.165) is 11.3 Å². The van der Waals surface area contributed by atoms with Crippen LogP contribution in [0, 0.1) is 0 Å². The Morgan fingerprint density at radius 1 is 0.350 bits per heavy atom. The van der Waals surface area contributed by atoms with Gasteiger partial charge < -0.3 is 0 Å². The lowest BCUT2D eigenvalue weighted by atomic mass is 9.93. The SMILES string of the molecule is c1ccc2cc3cc4cc5c(ccc6cc7cc8cccc(-c9cnccn9)c8cc7cc65)cc4cc3cc2c1. The fraction of sp³-hybridized carbons (Fsp3) is 0. The lowest BCUT2D eigenvalue weighted by Crippen LogP contribution is -1.87. The quantitative estimate of drug-likeness (QED) is 0.163. The maximum Gasteiger partial charge on any atom is 0.0891 e. The molecule has 0 aliphatic rings. The van der Waals surface area contributed by atoms with Gasteiger partial charge in [-0.15, -0.1) is 0 Å². The molecule has 0 bridgehead atoms. The van der Waals surface area contributed by atoms with E-state index in [9.17, 15) is 0 Å². The van der Waals surface area contributed by atoms with Gasteiger partial charge in [-0.2, -0.15) is 0 Å². The van der Waals surface area contributed by atoms with Crippen LogP contribution in [0.2, 0.25) is 0 Å². The lowest BCUT2D eigenvalue weighted by molar-refractivity contribution is 1.21. The van der Waals surface area contributed by atoms with Crippen molar-refractivity contribution in [2.24, 2.45) is 0 Å². The minimum Gasteiger partial charge on any atom is -0.261 e. The first-order chi connectivity index (χ1) is 19.8. The first-order valence-corrected chi connectivity index (χ1v) is 13.6. The molecule has 0 spiro atoms. The predicted molar refractivity (Wildman–Crippen MR) is 170 cm³/mol. The maximum absolute atomic E-state index is 4.57. The zero-order valence-electron chi connectivity index (χ0n) is 21.6. The zero-order chi connectivity index (χ0) is 26.2. The molecule has 2 heteroatoms. The average Bonchev–Trinajstić information content (AvgIpc) is 3.00. The lowest BCUT2D eigenvalue weighted by Gasteiger charge is -2.12. The van der Waals surface area contributed by atoms with Gasteiger partial charge in [0.25, 0.3) is 0 Å². The van der Waals surface area contributed by atoms with Gasteiger partial charge in [0.1, 0.15) is 0 Å². The normalized spacial score (nSPS) is 12.0. The molecule has 0 aliphatic carbocycles. The Labute approximate surface area is 230 Å². The van der Waals surface area contributed by atoms with Crippen LogP contribution < -0.4 is 0 Å². The molecule has 0 radical (unpaired) electrons. The summed E-state index contributed by atoms with van der Waals surface area (Å²) in [4.78, 5) is 8.88. The van der Waals surface area contributed by atoms with Gasteiger partial charge in [0, 0.05) is 18.0 Å². The predicted octanol–water partition coefficient (Wildman–Crippen LogP) is 10.2. The summed E-state index contributed by atoms with van der Waals surface area (Å²) >= 11 is 0. The minimum absolute atomic E-state index is 0.894. The third-order valence-electron chi connectivity index (χ3n) is 8.41. The number of nitrogens with zero attached hydrogens (tertiary/aromatic N) is 2. The van der Waals surface area contributed by atoms with Crippen LogP contribution in [0.3, 0.4) is 0 Å². The van der Waals surface area contributed by atoms with E-state index in [1.165, 1.54) is 75.4 Å². The Kier molecular flexibility index (Phi) is 4.36. The van der Waals surface area contributed by atoms with E-state index >= 15 is 0 Å². The minimum atomic E-state index is 0.894. The van der Waals surface area contributed by atoms with E-state index in [2.05, 4.69) is 125 Å². The van der Waals surface area contributed by atoms with Crippen molar-refractivity contribution in [1.82, 2.24) is 9.97 Å².